The van der Waals surface area contributed by atoms with E-state index in [1.165, 1.54) is 25.7 Å². The second-order valence-electron chi connectivity index (χ2n) is 2.01. The molecule has 0 aliphatic rings. The molecular weight excluding hydrogens is 119 g/mol. The minimum Gasteiger partial charge on any atom is -0.120 e. The fourth-order valence-corrected chi connectivity index (χ4v) is 0.654. The van der Waals surface area contributed by atoms with Crippen LogP contribution >= 0.6 is 0 Å². The van der Waals surface area contributed by atoms with Crippen molar-refractivity contribution in [3.05, 3.63) is 0 Å². The molecule has 1 heteroatoms. The Kier molecular flexibility index (Phi) is 15.5. The van der Waals surface area contributed by atoms with Crippen LogP contribution in [0.3, 0.4) is 0 Å². The maximum atomic E-state index is 5.06. The summed E-state index contributed by atoms with van der Waals surface area (Å²) < 4.78 is 0. The molecule has 0 aromatic rings. The Morgan fingerprint density at radius 1 is 1.22 bits per heavy atom. The van der Waals surface area contributed by atoms with Crippen LogP contribution in [-0.2, 0) is 0 Å². The summed E-state index contributed by atoms with van der Waals surface area (Å²) in [6.07, 6.45) is 11.2. The Bertz CT molecular complexity index is 71.1. The van der Waals surface area contributed by atoms with Crippen molar-refractivity contribution in [2.45, 2.75) is 39.0 Å². The molecule has 0 aromatic heterocycles. The molecule has 47 valence electrons. The molecule has 0 atom stereocenters. The summed E-state index contributed by atoms with van der Waals surface area (Å²) in [6.45, 7) is 2.20. The number of terminal acetylenes is 1. The van der Waals surface area contributed by atoms with Crippen molar-refractivity contribution in [3.8, 4) is 12.3 Å². The van der Waals surface area contributed by atoms with Gasteiger partial charge in [-0.25, -0.2) is 0 Å². The summed E-state index contributed by atoms with van der Waals surface area (Å²) in [5, 5.41) is 0. The molecule has 0 aliphatic carbocycles. The van der Waals surface area contributed by atoms with E-state index >= 15 is 0 Å². The van der Waals surface area contributed by atoms with Crippen molar-refractivity contribution >= 4 is 29.6 Å². The van der Waals surface area contributed by atoms with Gasteiger partial charge in [0.1, 0.15) is 0 Å². The standard InChI is InChI=1S/C8H14.Na/c1-3-5-7-8-6-4-2;/h1H,4-8H2,2H3;. The van der Waals surface area contributed by atoms with E-state index in [1.54, 1.807) is 0 Å². The van der Waals surface area contributed by atoms with Gasteiger partial charge in [-0.3, -0.25) is 0 Å². The van der Waals surface area contributed by atoms with Gasteiger partial charge in [0.25, 0.3) is 0 Å². The maximum absolute atomic E-state index is 5.06. The summed E-state index contributed by atoms with van der Waals surface area (Å²) in [6, 6.07) is 0. The fraction of sp³-hybridized carbons (Fsp3) is 0.750. The Morgan fingerprint density at radius 3 is 2.33 bits per heavy atom. The summed E-state index contributed by atoms with van der Waals surface area (Å²) in [7, 11) is 0. The molecule has 0 fully saturated rings. The third-order valence-electron chi connectivity index (χ3n) is 1.17. The Balaban J connectivity index is 0. The first-order valence-electron chi connectivity index (χ1n) is 3.35. The predicted octanol–water partition coefficient (Wildman–Crippen LogP) is 2.21. The summed E-state index contributed by atoms with van der Waals surface area (Å²) >= 11 is 0. The van der Waals surface area contributed by atoms with Gasteiger partial charge < -0.3 is 0 Å². The van der Waals surface area contributed by atoms with E-state index in [0.29, 0.717) is 0 Å². The largest absolute Gasteiger partial charge is 0.120 e. The van der Waals surface area contributed by atoms with Gasteiger partial charge in [-0.2, -0.15) is 0 Å². The summed E-state index contributed by atoms with van der Waals surface area (Å²) in [4.78, 5) is 0. The Morgan fingerprint density at radius 2 is 1.89 bits per heavy atom. The molecule has 0 rings (SSSR count). The molecule has 0 nitrogen and oxygen atoms in total. The zero-order valence-electron chi connectivity index (χ0n) is 6.61. The Labute approximate surface area is 80.7 Å². The third-order valence-corrected chi connectivity index (χ3v) is 1.17. The molecule has 0 aromatic carbocycles. The smallest absolute Gasteiger partial charge is 0.00860 e. The van der Waals surface area contributed by atoms with Gasteiger partial charge in [0.15, 0.2) is 0 Å². The second kappa shape index (κ2) is 11.4. The van der Waals surface area contributed by atoms with Crippen LogP contribution < -0.4 is 0 Å². The van der Waals surface area contributed by atoms with Gasteiger partial charge in [-0.1, -0.05) is 26.2 Å². The maximum Gasteiger partial charge on any atom is 0.00860 e. The van der Waals surface area contributed by atoms with Gasteiger partial charge in [0.05, 0.1) is 0 Å². The van der Waals surface area contributed by atoms with Crippen LogP contribution in [0.5, 0.6) is 0 Å². The molecule has 0 saturated heterocycles. The van der Waals surface area contributed by atoms with E-state index in [9.17, 15) is 0 Å². The van der Waals surface area contributed by atoms with E-state index in [4.69, 9.17) is 6.42 Å². The first kappa shape index (κ1) is 12.3. The number of hydrogen-bond acceptors (Lipinski definition) is 0. The van der Waals surface area contributed by atoms with Gasteiger partial charge in [-0.15, -0.1) is 12.3 Å². The molecule has 0 N–H and O–H groups in total. The quantitative estimate of drug-likeness (QED) is 0.313. The van der Waals surface area contributed by atoms with Gasteiger partial charge in [0, 0.05) is 36.0 Å². The minimum atomic E-state index is 0. The molecule has 0 aliphatic heterocycles. The van der Waals surface area contributed by atoms with Crippen LogP contribution in [0.2, 0.25) is 0 Å². The molecule has 0 amide bonds. The zero-order valence-corrected chi connectivity index (χ0v) is 8.61. The van der Waals surface area contributed by atoms with Gasteiger partial charge >= 0.3 is 0 Å². The van der Waals surface area contributed by atoms with Crippen LogP contribution in [0.4, 0.5) is 0 Å². The first-order valence-corrected chi connectivity index (χ1v) is 3.35. The zero-order chi connectivity index (χ0) is 6.24. The van der Waals surface area contributed by atoms with Crippen molar-refractivity contribution in [1.82, 2.24) is 0 Å². The van der Waals surface area contributed by atoms with E-state index < -0.39 is 0 Å². The minimum absolute atomic E-state index is 0. The van der Waals surface area contributed by atoms with E-state index in [0.717, 1.165) is 6.42 Å². The van der Waals surface area contributed by atoms with Crippen molar-refractivity contribution in [1.29, 1.82) is 0 Å². The fourth-order valence-electron chi connectivity index (χ4n) is 0.654. The molecular formula is C8H14Na. The molecule has 9 heavy (non-hydrogen) atoms. The van der Waals surface area contributed by atoms with Crippen LogP contribution in [-0.4, -0.2) is 29.6 Å². The predicted molar refractivity (Wildman–Crippen MR) is 43.3 cm³/mol. The van der Waals surface area contributed by atoms with Crippen molar-refractivity contribution in [2.24, 2.45) is 0 Å². The molecule has 0 bridgehead atoms. The van der Waals surface area contributed by atoms with Crippen LogP contribution in [0.1, 0.15) is 39.0 Å². The van der Waals surface area contributed by atoms with Crippen LogP contribution in [0.25, 0.3) is 0 Å². The van der Waals surface area contributed by atoms with Crippen molar-refractivity contribution in [3.63, 3.8) is 0 Å². The van der Waals surface area contributed by atoms with Gasteiger partial charge in [0.2, 0.25) is 0 Å². The van der Waals surface area contributed by atoms with E-state index in [-0.39, 0.29) is 29.6 Å². The SMILES string of the molecule is C#CCCCCCC.[Na]. The van der Waals surface area contributed by atoms with Crippen molar-refractivity contribution < 1.29 is 0 Å². The topological polar surface area (TPSA) is 0 Å². The van der Waals surface area contributed by atoms with Gasteiger partial charge in [-0.05, 0) is 6.42 Å². The molecule has 0 saturated carbocycles. The van der Waals surface area contributed by atoms with Crippen LogP contribution in [0.15, 0.2) is 0 Å². The summed E-state index contributed by atoms with van der Waals surface area (Å²) in [5.41, 5.74) is 0. The van der Waals surface area contributed by atoms with E-state index in [2.05, 4.69) is 12.8 Å². The number of unbranched alkanes of at least 4 members (excludes halogenated alkanes) is 4. The molecule has 0 spiro atoms. The normalized spacial score (nSPS) is 7.56. The Hall–Kier alpha value is 0.560. The van der Waals surface area contributed by atoms with Crippen LogP contribution in [0, 0.1) is 12.3 Å². The summed E-state index contributed by atoms with van der Waals surface area (Å²) in [5.74, 6) is 2.63. The number of hydrogen-bond donors (Lipinski definition) is 0. The van der Waals surface area contributed by atoms with Crippen molar-refractivity contribution in [2.75, 3.05) is 0 Å². The molecule has 1 radical (unpaired) electrons. The molecule has 0 heterocycles. The second-order valence-corrected chi connectivity index (χ2v) is 2.01. The average molecular weight is 133 g/mol. The third kappa shape index (κ3) is 11.9. The average Bonchev–Trinajstić information content (AvgIpc) is 1.81. The number of rotatable bonds is 4. The monoisotopic (exact) mass is 133 g/mol. The first-order chi connectivity index (χ1) is 3.91. The van der Waals surface area contributed by atoms with E-state index in [1.807, 2.05) is 0 Å². The molecule has 0 unspecified atom stereocenters.